The monoisotopic (exact) mass is 1140 g/mol. The van der Waals surface area contributed by atoms with Crippen molar-refractivity contribution in [3.05, 3.63) is 59.7 Å². The van der Waals surface area contributed by atoms with Gasteiger partial charge in [0.2, 0.25) is 0 Å². The summed E-state index contributed by atoms with van der Waals surface area (Å²) in [6.07, 6.45) is 0. The second kappa shape index (κ2) is 64.4. The largest absolute Gasteiger partial charge is 0.491 e. The van der Waals surface area contributed by atoms with Gasteiger partial charge in [0.25, 0.3) is 0 Å². The van der Waals surface area contributed by atoms with Crippen LogP contribution in [-0.4, -0.2) is 288 Å². The highest BCUT2D eigenvalue weighted by Crippen LogP contribution is 2.13. The van der Waals surface area contributed by atoms with Crippen molar-refractivity contribution < 1.29 is 110 Å². The molecule has 0 atom stereocenters. The molecule has 0 unspecified atom stereocenters. The molecule has 462 valence electrons. The van der Waals surface area contributed by atoms with E-state index < -0.39 is 0 Å². The molecule has 0 aliphatic heterocycles. The highest BCUT2D eigenvalue weighted by Gasteiger charge is 2.00. The molecule has 0 radical (unpaired) electrons. The maximum Gasteiger partial charge on any atom is 0.119 e. The molecule has 0 aromatic heterocycles. The predicted molar refractivity (Wildman–Crippen MR) is 293 cm³/mol. The number of hydrogen-bond acceptors (Lipinski definition) is 23. The van der Waals surface area contributed by atoms with Crippen LogP contribution < -0.4 is 9.47 Å². The van der Waals surface area contributed by atoms with E-state index in [0.717, 1.165) is 11.5 Å². The van der Waals surface area contributed by atoms with Gasteiger partial charge in [0, 0.05) is 0 Å². The van der Waals surface area contributed by atoms with Crippen LogP contribution in [0.1, 0.15) is 11.1 Å². The Morgan fingerprint density at radius 2 is 0.367 bits per heavy atom. The Morgan fingerprint density at radius 1 is 0.215 bits per heavy atom. The first kappa shape index (κ1) is 74.2. The first-order chi connectivity index (χ1) is 39.2. The van der Waals surface area contributed by atoms with Gasteiger partial charge in [0.15, 0.2) is 0 Å². The molecule has 79 heavy (non-hydrogen) atoms. The number of hydrogen-bond donors (Lipinski definition) is 2. The van der Waals surface area contributed by atoms with Crippen LogP contribution in [-0.2, 0) is 90.0 Å². The highest BCUT2D eigenvalue weighted by molar-refractivity contribution is 5.28. The first-order valence-electron chi connectivity index (χ1n) is 27.7. The number of aliphatic hydroxyl groups is 2. The quantitative estimate of drug-likeness (QED) is 0.0906. The van der Waals surface area contributed by atoms with Gasteiger partial charge in [-0.1, -0.05) is 24.3 Å². The SMILES string of the molecule is Cc1cccc(OCCOCCOCCOCCOCCOCCOCCOCCO)c1.Cc1cccc(OCCOCCOCCOCCOCCOCCOCCOCCOCCOCCOCCOCCOCCO)c1. The fraction of sp³-hybridized carbons (Fsp3) is 0.786. The van der Waals surface area contributed by atoms with E-state index in [9.17, 15) is 0 Å². The average Bonchev–Trinajstić information content (AvgIpc) is 3.45. The predicted octanol–water partition coefficient (Wildman–Crippen LogP) is 3.05. The molecule has 0 aliphatic rings. The summed E-state index contributed by atoms with van der Waals surface area (Å²) >= 11 is 0. The minimum atomic E-state index is 0.0243. The third-order valence-corrected chi connectivity index (χ3v) is 9.77. The van der Waals surface area contributed by atoms with E-state index in [-0.39, 0.29) is 13.2 Å². The van der Waals surface area contributed by atoms with Crippen LogP contribution in [0.2, 0.25) is 0 Å². The fourth-order valence-corrected chi connectivity index (χ4v) is 5.92. The summed E-state index contributed by atoms with van der Waals surface area (Å²) in [5.74, 6) is 1.72. The summed E-state index contributed by atoms with van der Waals surface area (Å²) in [6.45, 7) is 24.2. The summed E-state index contributed by atoms with van der Waals surface area (Å²) in [5.41, 5.74) is 2.35. The number of ether oxygens (including phenoxy) is 21. The van der Waals surface area contributed by atoms with Gasteiger partial charge in [-0.2, -0.15) is 0 Å². The van der Waals surface area contributed by atoms with Gasteiger partial charge in [-0.3, -0.25) is 0 Å². The van der Waals surface area contributed by atoms with E-state index in [1.807, 2.05) is 62.4 Å². The smallest absolute Gasteiger partial charge is 0.119 e. The highest BCUT2D eigenvalue weighted by atomic mass is 16.6. The Morgan fingerprint density at radius 3 is 0.519 bits per heavy atom. The van der Waals surface area contributed by atoms with Crippen molar-refractivity contribution in [1.29, 1.82) is 0 Å². The normalized spacial score (nSPS) is 11.3. The number of aliphatic hydroxyl groups excluding tert-OH is 2. The zero-order valence-electron chi connectivity index (χ0n) is 47.8. The van der Waals surface area contributed by atoms with Crippen LogP contribution in [0.3, 0.4) is 0 Å². The lowest BCUT2D eigenvalue weighted by molar-refractivity contribution is -0.0287. The Hall–Kier alpha value is -2.80. The molecule has 0 fully saturated rings. The van der Waals surface area contributed by atoms with Gasteiger partial charge in [0.05, 0.1) is 264 Å². The topological polar surface area (TPSA) is 234 Å². The lowest BCUT2D eigenvalue weighted by atomic mass is 10.2. The molecule has 2 rings (SSSR count). The zero-order valence-corrected chi connectivity index (χ0v) is 47.8. The van der Waals surface area contributed by atoms with Crippen molar-refractivity contribution in [3.8, 4) is 11.5 Å². The van der Waals surface area contributed by atoms with Crippen LogP contribution in [0.5, 0.6) is 11.5 Å². The molecule has 0 bridgehead atoms. The molecule has 0 aliphatic carbocycles. The molecule has 0 heterocycles. The summed E-state index contributed by atoms with van der Waals surface area (Å²) in [6, 6.07) is 15.9. The maximum absolute atomic E-state index is 8.58. The zero-order chi connectivity index (χ0) is 56.5. The Labute approximate surface area is 471 Å². The Bertz CT molecular complexity index is 1470. The summed E-state index contributed by atoms with van der Waals surface area (Å²) in [4.78, 5) is 0. The molecule has 2 aromatic rings. The number of rotatable bonds is 63. The molecular weight excluding hydrogens is 1040 g/mol. The molecule has 23 nitrogen and oxygen atoms in total. The van der Waals surface area contributed by atoms with Gasteiger partial charge in [-0.05, 0) is 49.2 Å². The van der Waals surface area contributed by atoms with Gasteiger partial charge in [0.1, 0.15) is 24.7 Å². The van der Waals surface area contributed by atoms with Crippen LogP contribution in [0.25, 0.3) is 0 Å². The summed E-state index contributed by atoms with van der Waals surface area (Å²) in [7, 11) is 0. The van der Waals surface area contributed by atoms with Crippen molar-refractivity contribution in [3.63, 3.8) is 0 Å². The summed E-state index contributed by atoms with van der Waals surface area (Å²) < 4.78 is 114. The molecule has 23 heteroatoms. The van der Waals surface area contributed by atoms with Crippen molar-refractivity contribution in [2.24, 2.45) is 0 Å². The van der Waals surface area contributed by atoms with Crippen molar-refractivity contribution in [1.82, 2.24) is 0 Å². The van der Waals surface area contributed by atoms with Crippen LogP contribution in [0.15, 0.2) is 48.5 Å². The second-order valence-corrected chi connectivity index (χ2v) is 16.4. The van der Waals surface area contributed by atoms with E-state index in [0.29, 0.717) is 264 Å². The third-order valence-electron chi connectivity index (χ3n) is 9.77. The third kappa shape index (κ3) is 59.6. The Kier molecular flexibility index (Phi) is 60.5. The van der Waals surface area contributed by atoms with Crippen LogP contribution in [0, 0.1) is 13.8 Å². The van der Waals surface area contributed by atoms with Crippen molar-refractivity contribution >= 4 is 0 Å². The number of benzene rings is 2. The minimum absolute atomic E-state index is 0.0243. The molecule has 0 amide bonds. The molecule has 0 saturated carbocycles. The van der Waals surface area contributed by atoms with E-state index in [1.54, 1.807) is 0 Å². The summed E-state index contributed by atoms with van der Waals surface area (Å²) in [5, 5.41) is 17.1. The lowest BCUT2D eigenvalue weighted by Gasteiger charge is -2.09. The molecule has 0 saturated heterocycles. The van der Waals surface area contributed by atoms with Crippen molar-refractivity contribution in [2.45, 2.75) is 13.8 Å². The Balaban J connectivity index is 0.000000849. The molecule has 2 aromatic carbocycles. The average molecular weight is 1140 g/mol. The minimum Gasteiger partial charge on any atom is -0.491 e. The van der Waals surface area contributed by atoms with E-state index in [2.05, 4.69) is 0 Å². The maximum atomic E-state index is 8.58. The van der Waals surface area contributed by atoms with E-state index in [1.165, 1.54) is 11.1 Å². The molecule has 0 spiro atoms. The van der Waals surface area contributed by atoms with E-state index in [4.69, 9.17) is 110 Å². The van der Waals surface area contributed by atoms with Gasteiger partial charge in [-0.15, -0.1) is 0 Å². The van der Waals surface area contributed by atoms with Gasteiger partial charge in [-0.25, -0.2) is 0 Å². The second-order valence-electron chi connectivity index (χ2n) is 16.4. The number of aryl methyl sites for hydroxylation is 2. The van der Waals surface area contributed by atoms with Gasteiger partial charge >= 0.3 is 0 Å². The van der Waals surface area contributed by atoms with Crippen LogP contribution >= 0.6 is 0 Å². The van der Waals surface area contributed by atoms with Gasteiger partial charge < -0.3 is 110 Å². The fourth-order valence-electron chi connectivity index (χ4n) is 5.92. The van der Waals surface area contributed by atoms with Crippen molar-refractivity contribution in [2.75, 3.05) is 277 Å². The van der Waals surface area contributed by atoms with E-state index >= 15 is 0 Å². The standard InChI is InChI=1S/C33H60O14.C23H40O9/c1-32-3-2-4-33(31-32)47-30-29-46-28-27-45-26-25-44-24-23-43-22-21-42-20-19-41-18-17-40-16-15-39-14-13-38-12-11-37-10-9-36-8-7-35-6-5-34;1-22-3-2-4-23(21-22)32-20-19-31-18-17-30-16-15-29-14-13-28-12-11-27-10-9-26-8-7-25-6-5-24/h2-4,31,34H,5-30H2,1H3;2-4,21,24H,5-20H2,1H3. The first-order valence-corrected chi connectivity index (χ1v) is 27.7. The molecule has 2 N–H and O–H groups in total. The molecular formula is C56H100O23. The van der Waals surface area contributed by atoms with Crippen LogP contribution in [0.4, 0.5) is 0 Å². The lowest BCUT2D eigenvalue weighted by Crippen LogP contribution is -2.15.